The molecule has 0 spiro atoms. The van der Waals surface area contributed by atoms with Crippen LogP contribution in [-0.2, 0) is 11.0 Å². The Morgan fingerprint density at radius 1 is 1.28 bits per heavy atom. The number of nitrogens with zero attached hydrogens (tertiary/aromatic N) is 1. The standard InChI is InChI=1S/C13H17F2NOS/c1-8-5-9(14)12(10(15)6-8)11-7-16(11)18(17)13(2,3)4/h5-6,11H,7H2,1-4H3/t11?,16?,18-/m1/s1. The van der Waals surface area contributed by atoms with E-state index in [1.165, 1.54) is 12.1 Å². The first kappa shape index (κ1) is 13.6. The SMILES string of the molecule is Cc1cc(F)c(C2CN2[S@](=O)C(C)(C)C)c(F)c1. The van der Waals surface area contributed by atoms with E-state index in [1.54, 1.807) is 11.2 Å². The van der Waals surface area contributed by atoms with Gasteiger partial charge in [0.2, 0.25) is 0 Å². The number of benzene rings is 1. The summed E-state index contributed by atoms with van der Waals surface area (Å²) in [5.74, 6) is -1.10. The lowest BCUT2D eigenvalue weighted by atomic mass is 10.1. The van der Waals surface area contributed by atoms with Crippen molar-refractivity contribution in [2.75, 3.05) is 6.54 Å². The van der Waals surface area contributed by atoms with Crippen molar-refractivity contribution in [3.8, 4) is 0 Å². The van der Waals surface area contributed by atoms with Gasteiger partial charge in [0.05, 0.1) is 10.8 Å². The first-order chi connectivity index (χ1) is 8.21. The van der Waals surface area contributed by atoms with Crippen LogP contribution in [0.25, 0.3) is 0 Å². The molecule has 3 atom stereocenters. The molecule has 2 rings (SSSR count). The van der Waals surface area contributed by atoms with Gasteiger partial charge in [0.1, 0.15) is 22.6 Å². The second kappa shape index (κ2) is 4.38. The molecule has 1 saturated heterocycles. The van der Waals surface area contributed by atoms with Gasteiger partial charge >= 0.3 is 0 Å². The number of hydrogen-bond acceptors (Lipinski definition) is 1. The molecule has 1 aliphatic rings. The molecule has 0 aliphatic carbocycles. The van der Waals surface area contributed by atoms with Crippen molar-refractivity contribution >= 4 is 11.0 Å². The van der Waals surface area contributed by atoms with Crippen molar-refractivity contribution in [3.63, 3.8) is 0 Å². The second-order valence-electron chi connectivity index (χ2n) is 5.62. The van der Waals surface area contributed by atoms with E-state index in [-0.39, 0.29) is 5.56 Å². The Kier molecular flexibility index (Phi) is 3.32. The van der Waals surface area contributed by atoms with E-state index in [9.17, 15) is 13.0 Å². The summed E-state index contributed by atoms with van der Waals surface area (Å²) in [6, 6.07) is 2.23. The van der Waals surface area contributed by atoms with Crippen LogP contribution in [0.15, 0.2) is 12.1 Å². The molecule has 0 bridgehead atoms. The molecular weight excluding hydrogens is 256 g/mol. The van der Waals surface area contributed by atoms with Crippen molar-refractivity contribution in [2.24, 2.45) is 0 Å². The van der Waals surface area contributed by atoms with Gasteiger partial charge < -0.3 is 0 Å². The monoisotopic (exact) mass is 273 g/mol. The molecule has 0 saturated carbocycles. The maximum Gasteiger partial charge on any atom is 0.131 e. The summed E-state index contributed by atoms with van der Waals surface area (Å²) in [5.41, 5.74) is 0.594. The highest BCUT2D eigenvalue weighted by Gasteiger charge is 2.46. The Morgan fingerprint density at radius 3 is 2.22 bits per heavy atom. The first-order valence-electron chi connectivity index (χ1n) is 5.86. The highest BCUT2D eigenvalue weighted by molar-refractivity contribution is 7.84. The summed E-state index contributed by atoms with van der Waals surface area (Å²) in [6.07, 6.45) is 0. The molecular formula is C13H17F2NOS. The average molecular weight is 273 g/mol. The summed E-state index contributed by atoms with van der Waals surface area (Å²) >= 11 is 0. The van der Waals surface area contributed by atoms with Crippen molar-refractivity contribution < 1.29 is 13.0 Å². The third kappa shape index (κ3) is 2.47. The van der Waals surface area contributed by atoms with Crippen LogP contribution in [0.1, 0.15) is 37.9 Å². The Balaban J connectivity index is 2.25. The van der Waals surface area contributed by atoms with E-state index in [2.05, 4.69) is 0 Å². The van der Waals surface area contributed by atoms with E-state index in [0.29, 0.717) is 12.1 Å². The van der Waals surface area contributed by atoms with Gasteiger partial charge in [0.25, 0.3) is 0 Å². The zero-order valence-corrected chi connectivity index (χ0v) is 11.8. The van der Waals surface area contributed by atoms with Gasteiger partial charge in [-0.15, -0.1) is 0 Å². The smallest absolute Gasteiger partial charge is 0.131 e. The van der Waals surface area contributed by atoms with Gasteiger partial charge in [-0.25, -0.2) is 17.3 Å². The normalized spacial score (nSPS) is 25.0. The van der Waals surface area contributed by atoms with Crippen LogP contribution in [-0.4, -0.2) is 19.8 Å². The molecule has 1 fully saturated rings. The van der Waals surface area contributed by atoms with Crippen LogP contribution < -0.4 is 0 Å². The van der Waals surface area contributed by atoms with E-state index < -0.39 is 33.4 Å². The van der Waals surface area contributed by atoms with E-state index in [0.717, 1.165) is 0 Å². The quantitative estimate of drug-likeness (QED) is 0.758. The molecule has 5 heteroatoms. The average Bonchev–Trinajstić information content (AvgIpc) is 2.93. The molecule has 100 valence electrons. The van der Waals surface area contributed by atoms with Crippen LogP contribution in [0.3, 0.4) is 0 Å². The lowest BCUT2D eigenvalue weighted by Crippen LogP contribution is -2.27. The van der Waals surface area contributed by atoms with Crippen molar-refractivity contribution in [3.05, 3.63) is 34.9 Å². The van der Waals surface area contributed by atoms with Crippen molar-refractivity contribution in [2.45, 2.75) is 38.5 Å². The number of halogens is 2. The van der Waals surface area contributed by atoms with Crippen LogP contribution in [0, 0.1) is 18.6 Å². The third-order valence-electron chi connectivity index (χ3n) is 2.86. The summed E-state index contributed by atoms with van der Waals surface area (Å²) in [5, 5.41) is 0. The predicted octanol–water partition coefficient (Wildman–Crippen LogP) is 3.09. The maximum absolute atomic E-state index is 13.8. The molecule has 0 aromatic heterocycles. The molecule has 1 heterocycles. The van der Waals surface area contributed by atoms with Gasteiger partial charge in [0.15, 0.2) is 0 Å². The van der Waals surface area contributed by atoms with Gasteiger partial charge in [-0.05, 0) is 45.4 Å². The molecule has 0 radical (unpaired) electrons. The number of aryl methyl sites for hydroxylation is 1. The third-order valence-corrected chi connectivity index (χ3v) is 4.74. The zero-order chi connectivity index (χ0) is 13.7. The Morgan fingerprint density at radius 2 is 1.78 bits per heavy atom. The predicted molar refractivity (Wildman–Crippen MR) is 68.4 cm³/mol. The van der Waals surface area contributed by atoms with Gasteiger partial charge in [-0.2, -0.15) is 0 Å². The van der Waals surface area contributed by atoms with Crippen molar-refractivity contribution in [1.29, 1.82) is 0 Å². The Bertz CT molecular complexity index is 487. The molecule has 1 aromatic carbocycles. The fourth-order valence-electron chi connectivity index (χ4n) is 1.92. The Hall–Kier alpha value is -0.810. The molecule has 0 amide bonds. The summed E-state index contributed by atoms with van der Waals surface area (Å²) in [7, 11) is -1.23. The fourth-order valence-corrected chi connectivity index (χ4v) is 3.24. The first-order valence-corrected chi connectivity index (χ1v) is 6.96. The number of hydrogen-bond donors (Lipinski definition) is 0. The van der Waals surface area contributed by atoms with E-state index >= 15 is 0 Å². The van der Waals surface area contributed by atoms with Gasteiger partial charge in [-0.1, -0.05) is 0 Å². The largest absolute Gasteiger partial charge is 0.242 e. The molecule has 1 aliphatic heterocycles. The highest BCUT2D eigenvalue weighted by Crippen LogP contribution is 2.41. The van der Waals surface area contributed by atoms with E-state index in [4.69, 9.17) is 0 Å². The van der Waals surface area contributed by atoms with Crippen LogP contribution in [0.2, 0.25) is 0 Å². The topological polar surface area (TPSA) is 20.1 Å². The molecule has 1 aromatic rings. The zero-order valence-electron chi connectivity index (χ0n) is 11.0. The maximum atomic E-state index is 13.8. The van der Waals surface area contributed by atoms with Crippen molar-refractivity contribution in [1.82, 2.24) is 4.31 Å². The van der Waals surface area contributed by atoms with Gasteiger partial charge in [-0.3, -0.25) is 0 Å². The molecule has 0 N–H and O–H groups in total. The Labute approximate surface area is 109 Å². The minimum absolute atomic E-state index is 0.0400. The van der Waals surface area contributed by atoms with Gasteiger partial charge in [0, 0.05) is 12.1 Å². The molecule has 2 nitrogen and oxygen atoms in total. The molecule has 2 unspecified atom stereocenters. The van der Waals surface area contributed by atoms with E-state index in [1.807, 2.05) is 20.8 Å². The minimum Gasteiger partial charge on any atom is -0.242 e. The van der Waals surface area contributed by atoms with Crippen LogP contribution >= 0.6 is 0 Å². The van der Waals surface area contributed by atoms with Crippen LogP contribution in [0.5, 0.6) is 0 Å². The van der Waals surface area contributed by atoms with Crippen LogP contribution in [0.4, 0.5) is 8.78 Å². The lowest BCUT2D eigenvalue weighted by Gasteiger charge is -2.18. The summed E-state index contributed by atoms with van der Waals surface area (Å²) < 4.78 is 40.8. The summed E-state index contributed by atoms with van der Waals surface area (Å²) in [6.45, 7) is 7.63. The highest BCUT2D eigenvalue weighted by atomic mass is 32.2. The molecule has 18 heavy (non-hydrogen) atoms. The second-order valence-corrected chi connectivity index (χ2v) is 7.81. The lowest BCUT2D eigenvalue weighted by molar-refractivity contribution is 0.540. The number of rotatable bonds is 2. The summed E-state index contributed by atoms with van der Waals surface area (Å²) in [4.78, 5) is 0. The minimum atomic E-state index is -1.23. The fraction of sp³-hybridized carbons (Fsp3) is 0.538.